The average molecular weight is 363 g/mol. The van der Waals surface area contributed by atoms with Crippen LogP contribution >= 0.6 is 11.3 Å². The van der Waals surface area contributed by atoms with E-state index in [1.807, 2.05) is 30.5 Å². The van der Waals surface area contributed by atoms with Crippen LogP contribution in [-0.4, -0.2) is 27.7 Å². The molecule has 0 aliphatic carbocycles. The van der Waals surface area contributed by atoms with Gasteiger partial charge in [-0.2, -0.15) is 0 Å². The molecule has 4 heterocycles. The van der Waals surface area contributed by atoms with Gasteiger partial charge in [0.1, 0.15) is 5.70 Å². The molecule has 3 aromatic heterocycles. The van der Waals surface area contributed by atoms with Gasteiger partial charge in [-0.3, -0.25) is 25.2 Å². The standard InChI is InChI=1S/C18H13N5O2S/c1-10-6-8-26-15(10)17(25)23-18-21-14(16(24)22-18)9-11-4-5-12-13(20-11)3-2-7-19-12/h2-9H,1H3,(H2,21,22,23,24,25). The van der Waals surface area contributed by atoms with Crippen molar-refractivity contribution in [2.24, 2.45) is 4.99 Å². The van der Waals surface area contributed by atoms with Crippen LogP contribution in [0.5, 0.6) is 0 Å². The molecule has 0 atom stereocenters. The van der Waals surface area contributed by atoms with Gasteiger partial charge in [-0.1, -0.05) is 0 Å². The third kappa shape index (κ3) is 3.09. The van der Waals surface area contributed by atoms with Crippen molar-refractivity contribution in [3.05, 3.63) is 63.7 Å². The van der Waals surface area contributed by atoms with E-state index in [2.05, 4.69) is 25.6 Å². The molecule has 0 fully saturated rings. The van der Waals surface area contributed by atoms with E-state index in [1.165, 1.54) is 11.3 Å². The second kappa shape index (κ2) is 6.49. The molecule has 26 heavy (non-hydrogen) atoms. The van der Waals surface area contributed by atoms with Crippen LogP contribution in [0, 0.1) is 6.92 Å². The zero-order valence-corrected chi connectivity index (χ0v) is 14.5. The predicted octanol–water partition coefficient (Wildman–Crippen LogP) is 2.26. The molecular formula is C18H13N5O2S. The summed E-state index contributed by atoms with van der Waals surface area (Å²) in [5.74, 6) is -0.578. The summed E-state index contributed by atoms with van der Waals surface area (Å²) < 4.78 is 0. The number of thiophene rings is 1. The van der Waals surface area contributed by atoms with Gasteiger partial charge in [0.2, 0.25) is 5.96 Å². The quantitative estimate of drug-likeness (QED) is 0.683. The number of nitrogens with zero attached hydrogens (tertiary/aromatic N) is 3. The first-order valence-electron chi connectivity index (χ1n) is 7.79. The monoisotopic (exact) mass is 363 g/mol. The van der Waals surface area contributed by atoms with Gasteiger partial charge in [-0.05, 0) is 54.3 Å². The van der Waals surface area contributed by atoms with Crippen LogP contribution in [0.3, 0.4) is 0 Å². The highest BCUT2D eigenvalue weighted by Crippen LogP contribution is 2.16. The van der Waals surface area contributed by atoms with E-state index in [4.69, 9.17) is 0 Å². The molecule has 1 aliphatic heterocycles. The highest BCUT2D eigenvalue weighted by molar-refractivity contribution is 7.12. The van der Waals surface area contributed by atoms with Crippen molar-refractivity contribution >= 4 is 46.2 Å². The Morgan fingerprint density at radius 3 is 2.92 bits per heavy atom. The summed E-state index contributed by atoms with van der Waals surface area (Å²) in [5.41, 5.74) is 3.14. The van der Waals surface area contributed by atoms with Crippen LogP contribution in [0.2, 0.25) is 0 Å². The first-order valence-corrected chi connectivity index (χ1v) is 8.67. The van der Waals surface area contributed by atoms with E-state index < -0.39 is 5.91 Å². The Balaban J connectivity index is 1.58. The summed E-state index contributed by atoms with van der Waals surface area (Å²) >= 11 is 1.34. The maximum Gasteiger partial charge on any atom is 0.276 e. The molecule has 0 spiro atoms. The largest absolute Gasteiger partial charge is 0.291 e. The van der Waals surface area contributed by atoms with Crippen LogP contribution in [0.25, 0.3) is 17.1 Å². The molecule has 3 aromatic rings. The van der Waals surface area contributed by atoms with Crippen LogP contribution < -0.4 is 10.6 Å². The van der Waals surface area contributed by atoms with Crippen molar-refractivity contribution in [1.82, 2.24) is 20.6 Å². The van der Waals surface area contributed by atoms with E-state index in [0.29, 0.717) is 10.6 Å². The third-order valence-corrected chi connectivity index (χ3v) is 4.77. The number of hydrogen-bond acceptors (Lipinski definition) is 6. The second-order valence-electron chi connectivity index (χ2n) is 5.61. The van der Waals surface area contributed by atoms with Crippen molar-refractivity contribution in [3.63, 3.8) is 0 Å². The Hall–Kier alpha value is -3.39. The van der Waals surface area contributed by atoms with Crippen molar-refractivity contribution in [2.45, 2.75) is 6.92 Å². The molecule has 0 radical (unpaired) electrons. The zero-order valence-electron chi connectivity index (χ0n) is 13.7. The molecule has 4 rings (SSSR count). The Morgan fingerprint density at radius 1 is 1.23 bits per heavy atom. The van der Waals surface area contributed by atoms with Gasteiger partial charge in [0.15, 0.2) is 0 Å². The lowest BCUT2D eigenvalue weighted by Crippen LogP contribution is -2.39. The van der Waals surface area contributed by atoms with Gasteiger partial charge >= 0.3 is 0 Å². The minimum Gasteiger partial charge on any atom is -0.291 e. The number of rotatable bonds is 2. The second-order valence-corrected chi connectivity index (χ2v) is 6.52. The van der Waals surface area contributed by atoms with E-state index in [1.54, 1.807) is 24.4 Å². The van der Waals surface area contributed by atoms with Crippen LogP contribution in [0.1, 0.15) is 20.9 Å². The average Bonchev–Trinajstić information content (AvgIpc) is 3.20. The van der Waals surface area contributed by atoms with E-state index in [-0.39, 0.29) is 17.6 Å². The maximum atomic E-state index is 12.2. The molecule has 0 saturated heterocycles. The predicted molar refractivity (Wildman–Crippen MR) is 99.6 cm³/mol. The van der Waals surface area contributed by atoms with Gasteiger partial charge in [0.05, 0.1) is 21.6 Å². The molecule has 0 unspecified atom stereocenters. The highest BCUT2D eigenvalue weighted by Gasteiger charge is 2.23. The lowest BCUT2D eigenvalue weighted by molar-refractivity contribution is -0.115. The SMILES string of the molecule is Cc1ccsc1C(=O)NC1=NC(=Cc2ccc3ncccc3n2)C(=O)N1. The number of nitrogens with one attached hydrogen (secondary N) is 2. The summed E-state index contributed by atoms with van der Waals surface area (Å²) in [6.07, 6.45) is 3.26. The first-order chi connectivity index (χ1) is 12.6. The lowest BCUT2D eigenvalue weighted by atomic mass is 10.2. The molecular weight excluding hydrogens is 350 g/mol. The fourth-order valence-electron chi connectivity index (χ4n) is 2.49. The number of aliphatic imine (C=N–C) groups is 1. The minimum absolute atomic E-state index is 0.113. The van der Waals surface area contributed by atoms with Gasteiger partial charge in [0.25, 0.3) is 11.8 Å². The molecule has 2 N–H and O–H groups in total. The molecule has 0 bridgehead atoms. The maximum absolute atomic E-state index is 12.2. The number of amides is 2. The van der Waals surface area contributed by atoms with Gasteiger partial charge < -0.3 is 0 Å². The summed E-state index contributed by atoms with van der Waals surface area (Å²) in [6.45, 7) is 1.85. The summed E-state index contributed by atoms with van der Waals surface area (Å²) in [5, 5.41) is 7.00. The highest BCUT2D eigenvalue weighted by atomic mass is 32.1. The Morgan fingerprint density at radius 2 is 2.12 bits per heavy atom. The Labute approximate surface area is 152 Å². The molecule has 8 heteroatoms. The normalized spacial score (nSPS) is 15.2. The number of hydrogen-bond donors (Lipinski definition) is 2. The number of carbonyl (C=O) groups excluding carboxylic acids is 2. The van der Waals surface area contributed by atoms with Crippen molar-refractivity contribution in [1.29, 1.82) is 0 Å². The molecule has 0 saturated carbocycles. The van der Waals surface area contributed by atoms with Gasteiger partial charge in [0, 0.05) is 6.20 Å². The first kappa shape index (κ1) is 16.1. The van der Waals surface area contributed by atoms with Crippen molar-refractivity contribution in [2.75, 3.05) is 0 Å². The van der Waals surface area contributed by atoms with E-state index >= 15 is 0 Å². The molecule has 7 nitrogen and oxygen atoms in total. The van der Waals surface area contributed by atoms with E-state index in [9.17, 15) is 9.59 Å². The summed E-state index contributed by atoms with van der Waals surface area (Å²) in [4.78, 5) is 37.7. The minimum atomic E-state index is -0.392. The number of pyridine rings is 2. The smallest absolute Gasteiger partial charge is 0.276 e. The van der Waals surface area contributed by atoms with Crippen molar-refractivity contribution < 1.29 is 9.59 Å². The number of aryl methyl sites for hydroxylation is 1. The molecule has 1 aliphatic rings. The number of carbonyl (C=O) groups is 2. The topological polar surface area (TPSA) is 96.3 Å². The fourth-order valence-corrected chi connectivity index (χ4v) is 3.31. The molecule has 128 valence electrons. The lowest BCUT2D eigenvalue weighted by Gasteiger charge is -2.02. The third-order valence-electron chi connectivity index (χ3n) is 3.76. The molecule has 2 amide bonds. The zero-order chi connectivity index (χ0) is 18.1. The number of guanidine groups is 1. The number of fused-ring (bicyclic) bond motifs is 1. The number of aromatic nitrogens is 2. The summed E-state index contributed by atoms with van der Waals surface area (Å²) in [7, 11) is 0. The van der Waals surface area contributed by atoms with Gasteiger partial charge in [-0.15, -0.1) is 11.3 Å². The fraction of sp³-hybridized carbons (Fsp3) is 0.0556. The van der Waals surface area contributed by atoms with Crippen LogP contribution in [0.15, 0.2) is 52.6 Å². The summed E-state index contributed by atoms with van der Waals surface area (Å²) in [6, 6.07) is 9.09. The van der Waals surface area contributed by atoms with Crippen molar-refractivity contribution in [3.8, 4) is 0 Å². The van der Waals surface area contributed by atoms with Crippen LogP contribution in [0.4, 0.5) is 0 Å². The van der Waals surface area contributed by atoms with E-state index in [0.717, 1.165) is 16.6 Å². The van der Waals surface area contributed by atoms with Gasteiger partial charge in [-0.25, -0.2) is 9.98 Å². The Bertz CT molecular complexity index is 1100. The Kier molecular flexibility index (Phi) is 4.02. The van der Waals surface area contributed by atoms with Crippen LogP contribution in [-0.2, 0) is 4.79 Å². The molecule has 0 aromatic carbocycles.